The van der Waals surface area contributed by atoms with Crippen LogP contribution in [0.25, 0.3) is 0 Å². The van der Waals surface area contributed by atoms with Crippen molar-refractivity contribution in [2.45, 2.75) is 31.2 Å². The Hall–Kier alpha value is -0.970. The summed E-state index contributed by atoms with van der Waals surface area (Å²) in [6.45, 7) is 0. The summed E-state index contributed by atoms with van der Waals surface area (Å²) in [5.41, 5.74) is -1.02. The third kappa shape index (κ3) is 2.83. The van der Waals surface area contributed by atoms with E-state index in [2.05, 4.69) is 17.5 Å². The van der Waals surface area contributed by atoms with Gasteiger partial charge < -0.3 is 10.4 Å². The SMILES string of the molecule is O=C(C[C@H]1C=CCC1)N[C@]1(C(=O)O)CCSC1. The lowest BCUT2D eigenvalue weighted by atomic mass is 9.97. The van der Waals surface area contributed by atoms with Gasteiger partial charge in [-0.3, -0.25) is 4.79 Å². The van der Waals surface area contributed by atoms with Gasteiger partial charge in [0.15, 0.2) is 0 Å². The number of thioether (sulfide) groups is 1. The number of nitrogens with one attached hydrogen (secondary N) is 1. The summed E-state index contributed by atoms with van der Waals surface area (Å²) in [6.07, 6.45) is 7.10. The summed E-state index contributed by atoms with van der Waals surface area (Å²) < 4.78 is 0. The van der Waals surface area contributed by atoms with E-state index in [4.69, 9.17) is 0 Å². The van der Waals surface area contributed by atoms with Gasteiger partial charge in [0, 0.05) is 12.2 Å². The zero-order chi connectivity index (χ0) is 12.3. The first-order chi connectivity index (χ1) is 8.12. The fourth-order valence-electron chi connectivity index (χ4n) is 2.31. The molecule has 2 rings (SSSR count). The van der Waals surface area contributed by atoms with Crippen molar-refractivity contribution >= 4 is 23.6 Å². The lowest BCUT2D eigenvalue weighted by Gasteiger charge is -2.25. The molecule has 17 heavy (non-hydrogen) atoms. The fourth-order valence-corrected chi connectivity index (χ4v) is 3.63. The van der Waals surface area contributed by atoms with Crippen molar-refractivity contribution in [2.24, 2.45) is 5.92 Å². The molecule has 1 heterocycles. The monoisotopic (exact) mass is 255 g/mol. The molecule has 0 aromatic carbocycles. The summed E-state index contributed by atoms with van der Waals surface area (Å²) in [5.74, 6) is 0.531. The highest BCUT2D eigenvalue weighted by atomic mass is 32.2. The second kappa shape index (κ2) is 5.12. The Bertz CT molecular complexity index is 348. The van der Waals surface area contributed by atoms with Crippen molar-refractivity contribution in [3.63, 3.8) is 0 Å². The molecule has 0 radical (unpaired) electrons. The van der Waals surface area contributed by atoms with Crippen molar-refractivity contribution in [3.8, 4) is 0 Å². The normalized spacial score (nSPS) is 31.6. The van der Waals surface area contributed by atoms with E-state index < -0.39 is 11.5 Å². The van der Waals surface area contributed by atoms with E-state index in [0.717, 1.165) is 18.6 Å². The Labute approximate surface area is 105 Å². The summed E-state index contributed by atoms with van der Waals surface area (Å²) >= 11 is 1.58. The highest BCUT2D eigenvalue weighted by molar-refractivity contribution is 7.99. The lowest BCUT2D eigenvalue weighted by molar-refractivity contribution is -0.146. The van der Waals surface area contributed by atoms with Crippen molar-refractivity contribution in [3.05, 3.63) is 12.2 Å². The van der Waals surface area contributed by atoms with E-state index in [1.807, 2.05) is 0 Å². The first-order valence-electron chi connectivity index (χ1n) is 5.91. The van der Waals surface area contributed by atoms with Crippen LogP contribution in [0, 0.1) is 5.92 Å². The minimum Gasteiger partial charge on any atom is -0.479 e. The van der Waals surface area contributed by atoms with Crippen LogP contribution in [0.2, 0.25) is 0 Å². The molecule has 0 bridgehead atoms. The van der Waals surface area contributed by atoms with Gasteiger partial charge in [-0.2, -0.15) is 11.8 Å². The highest BCUT2D eigenvalue weighted by Gasteiger charge is 2.43. The van der Waals surface area contributed by atoms with Gasteiger partial charge in [-0.15, -0.1) is 0 Å². The maximum atomic E-state index is 11.8. The Kier molecular flexibility index (Phi) is 3.76. The van der Waals surface area contributed by atoms with Gasteiger partial charge in [-0.1, -0.05) is 12.2 Å². The molecule has 0 aromatic heterocycles. The summed E-state index contributed by atoms with van der Waals surface area (Å²) in [7, 11) is 0. The average molecular weight is 255 g/mol. The van der Waals surface area contributed by atoms with Crippen LogP contribution in [0.15, 0.2) is 12.2 Å². The topological polar surface area (TPSA) is 66.4 Å². The van der Waals surface area contributed by atoms with Crippen molar-refractivity contribution < 1.29 is 14.7 Å². The molecule has 0 unspecified atom stereocenters. The summed E-state index contributed by atoms with van der Waals surface area (Å²) in [6, 6.07) is 0. The van der Waals surface area contributed by atoms with Crippen LogP contribution in [0.4, 0.5) is 0 Å². The molecule has 1 fully saturated rings. The predicted octanol–water partition coefficient (Wildman–Crippen LogP) is 1.42. The second-order valence-corrected chi connectivity index (χ2v) is 5.81. The van der Waals surface area contributed by atoms with E-state index in [0.29, 0.717) is 18.6 Å². The van der Waals surface area contributed by atoms with Crippen LogP contribution in [0.5, 0.6) is 0 Å². The van der Waals surface area contributed by atoms with E-state index in [9.17, 15) is 14.7 Å². The summed E-state index contributed by atoms with van der Waals surface area (Å²) in [5, 5.41) is 12.0. The van der Waals surface area contributed by atoms with Crippen LogP contribution >= 0.6 is 11.8 Å². The van der Waals surface area contributed by atoms with Crippen LogP contribution in [0.1, 0.15) is 25.7 Å². The van der Waals surface area contributed by atoms with Crippen molar-refractivity contribution in [2.75, 3.05) is 11.5 Å². The molecule has 94 valence electrons. The molecule has 1 aliphatic carbocycles. The number of hydrogen-bond donors (Lipinski definition) is 2. The average Bonchev–Trinajstić information content (AvgIpc) is 2.89. The van der Waals surface area contributed by atoms with E-state index in [1.165, 1.54) is 0 Å². The smallest absolute Gasteiger partial charge is 0.330 e. The van der Waals surface area contributed by atoms with Crippen LogP contribution in [0.3, 0.4) is 0 Å². The molecule has 1 saturated heterocycles. The number of hydrogen-bond acceptors (Lipinski definition) is 3. The standard InChI is InChI=1S/C12H17NO3S/c14-10(7-9-3-1-2-4-9)13-12(11(15)16)5-6-17-8-12/h1,3,9H,2,4-8H2,(H,13,14)(H,15,16)/t9-,12+/m0/s1. The van der Waals surface area contributed by atoms with Crippen molar-refractivity contribution in [1.29, 1.82) is 0 Å². The van der Waals surface area contributed by atoms with Gasteiger partial charge in [-0.05, 0) is 30.9 Å². The van der Waals surface area contributed by atoms with Crippen LogP contribution in [-0.2, 0) is 9.59 Å². The Morgan fingerprint density at radius 1 is 1.53 bits per heavy atom. The molecular weight excluding hydrogens is 238 g/mol. The molecule has 0 saturated carbocycles. The largest absolute Gasteiger partial charge is 0.479 e. The summed E-state index contributed by atoms with van der Waals surface area (Å²) in [4.78, 5) is 23.1. The van der Waals surface area contributed by atoms with Crippen LogP contribution in [-0.4, -0.2) is 34.0 Å². The molecule has 1 aliphatic heterocycles. The van der Waals surface area contributed by atoms with Gasteiger partial charge in [0.1, 0.15) is 5.54 Å². The molecule has 1 amide bonds. The Balaban J connectivity index is 1.91. The van der Waals surface area contributed by atoms with E-state index in [-0.39, 0.29) is 11.8 Å². The van der Waals surface area contributed by atoms with Crippen molar-refractivity contribution in [1.82, 2.24) is 5.32 Å². The lowest BCUT2D eigenvalue weighted by Crippen LogP contribution is -2.55. The quantitative estimate of drug-likeness (QED) is 0.746. The number of carboxylic acids is 1. The minimum absolute atomic E-state index is 0.133. The maximum absolute atomic E-state index is 11.8. The number of aliphatic carboxylic acids is 1. The molecule has 0 spiro atoms. The third-order valence-electron chi connectivity index (χ3n) is 3.37. The Morgan fingerprint density at radius 2 is 2.35 bits per heavy atom. The number of amides is 1. The number of carbonyl (C=O) groups is 2. The van der Waals surface area contributed by atoms with Gasteiger partial charge in [-0.25, -0.2) is 4.79 Å². The predicted molar refractivity (Wildman–Crippen MR) is 66.9 cm³/mol. The number of carbonyl (C=O) groups excluding carboxylic acids is 1. The zero-order valence-electron chi connectivity index (χ0n) is 9.65. The molecule has 0 aromatic rings. The molecule has 2 N–H and O–H groups in total. The first kappa shape index (κ1) is 12.5. The molecular formula is C12H17NO3S. The van der Waals surface area contributed by atoms with Gasteiger partial charge in [0.2, 0.25) is 5.91 Å². The van der Waals surface area contributed by atoms with Gasteiger partial charge >= 0.3 is 5.97 Å². The van der Waals surface area contributed by atoms with Gasteiger partial charge in [0.25, 0.3) is 0 Å². The molecule has 2 aliphatic rings. The van der Waals surface area contributed by atoms with Gasteiger partial charge in [0.05, 0.1) is 0 Å². The molecule has 4 nitrogen and oxygen atoms in total. The Morgan fingerprint density at radius 3 is 2.88 bits per heavy atom. The maximum Gasteiger partial charge on any atom is 0.330 e. The van der Waals surface area contributed by atoms with E-state index >= 15 is 0 Å². The molecule has 2 atom stereocenters. The minimum atomic E-state index is -1.02. The highest BCUT2D eigenvalue weighted by Crippen LogP contribution is 2.29. The number of allylic oxidation sites excluding steroid dienone is 2. The molecule has 5 heteroatoms. The van der Waals surface area contributed by atoms with Crippen LogP contribution < -0.4 is 5.32 Å². The second-order valence-electron chi connectivity index (χ2n) is 4.71. The first-order valence-corrected chi connectivity index (χ1v) is 7.07. The zero-order valence-corrected chi connectivity index (χ0v) is 10.5. The number of rotatable bonds is 4. The fraction of sp³-hybridized carbons (Fsp3) is 0.667. The van der Waals surface area contributed by atoms with E-state index in [1.54, 1.807) is 11.8 Å². The third-order valence-corrected chi connectivity index (χ3v) is 4.56. The number of carboxylic acid groups (broad SMARTS) is 1.